The van der Waals surface area contributed by atoms with Gasteiger partial charge in [0, 0.05) is 16.9 Å². The molecule has 1 aliphatic rings. The van der Waals surface area contributed by atoms with Gasteiger partial charge in [-0.1, -0.05) is 64.7 Å². The van der Waals surface area contributed by atoms with Gasteiger partial charge < -0.3 is 4.74 Å². The Hall–Kier alpha value is -0.180. The quantitative estimate of drug-likeness (QED) is 0.232. The van der Waals surface area contributed by atoms with Crippen LogP contribution in [0.1, 0.15) is 90.4 Å². The SMILES string of the molecule is CCC1SC1CCCCCCCCCCCCC(=O)OC. The zero-order chi connectivity index (χ0) is 15.3. The van der Waals surface area contributed by atoms with Crippen LogP contribution in [0.2, 0.25) is 0 Å². The molecule has 2 atom stereocenters. The second-order valence-corrected chi connectivity index (χ2v) is 7.75. The molecule has 0 aromatic rings. The normalized spacial score (nSPS) is 20.5. The molecule has 2 nitrogen and oxygen atoms in total. The van der Waals surface area contributed by atoms with E-state index in [2.05, 4.69) is 23.4 Å². The smallest absolute Gasteiger partial charge is 0.305 e. The van der Waals surface area contributed by atoms with Crippen molar-refractivity contribution < 1.29 is 9.53 Å². The Labute approximate surface area is 135 Å². The Balaban J connectivity index is 1.68. The molecule has 1 aliphatic heterocycles. The maximum Gasteiger partial charge on any atom is 0.305 e. The van der Waals surface area contributed by atoms with E-state index in [0.29, 0.717) is 6.42 Å². The molecule has 0 bridgehead atoms. The molecule has 0 spiro atoms. The molecular formula is C18H34O2S. The minimum absolute atomic E-state index is 0.0649. The monoisotopic (exact) mass is 314 g/mol. The van der Waals surface area contributed by atoms with Crippen molar-refractivity contribution in [1.82, 2.24) is 0 Å². The molecule has 0 aromatic carbocycles. The largest absolute Gasteiger partial charge is 0.469 e. The molecule has 3 heteroatoms. The Morgan fingerprint density at radius 1 is 0.857 bits per heavy atom. The summed E-state index contributed by atoms with van der Waals surface area (Å²) in [7, 11) is 1.47. The molecule has 0 amide bonds. The van der Waals surface area contributed by atoms with Gasteiger partial charge in [0.2, 0.25) is 0 Å². The van der Waals surface area contributed by atoms with Gasteiger partial charge in [-0.2, -0.15) is 11.8 Å². The van der Waals surface area contributed by atoms with E-state index in [1.165, 1.54) is 77.7 Å². The molecule has 2 unspecified atom stereocenters. The number of unbranched alkanes of at least 4 members (excludes halogenated alkanes) is 9. The summed E-state index contributed by atoms with van der Waals surface area (Å²) in [6, 6.07) is 0. The van der Waals surface area contributed by atoms with Crippen molar-refractivity contribution in [1.29, 1.82) is 0 Å². The van der Waals surface area contributed by atoms with Gasteiger partial charge in [0.05, 0.1) is 7.11 Å². The summed E-state index contributed by atoms with van der Waals surface area (Å²) in [5, 5.41) is 2.02. The number of rotatable bonds is 14. The van der Waals surface area contributed by atoms with E-state index >= 15 is 0 Å². The average molecular weight is 315 g/mol. The van der Waals surface area contributed by atoms with Crippen LogP contribution in [0, 0.1) is 0 Å². The molecule has 0 saturated carbocycles. The van der Waals surface area contributed by atoms with E-state index in [1.54, 1.807) is 0 Å². The van der Waals surface area contributed by atoms with E-state index in [-0.39, 0.29) is 5.97 Å². The Morgan fingerprint density at radius 3 is 1.86 bits per heavy atom. The first-order valence-electron chi connectivity index (χ1n) is 9.00. The van der Waals surface area contributed by atoms with Crippen LogP contribution < -0.4 is 0 Å². The van der Waals surface area contributed by atoms with Gasteiger partial charge >= 0.3 is 5.97 Å². The second-order valence-electron chi connectivity index (χ2n) is 6.27. The van der Waals surface area contributed by atoms with Gasteiger partial charge in [0.15, 0.2) is 0 Å². The lowest BCUT2D eigenvalue weighted by Gasteiger charge is -2.03. The number of esters is 1. The molecule has 124 valence electrons. The van der Waals surface area contributed by atoms with Gasteiger partial charge in [-0.25, -0.2) is 0 Å². The highest BCUT2D eigenvalue weighted by Gasteiger charge is 2.35. The maximum atomic E-state index is 10.9. The highest BCUT2D eigenvalue weighted by molar-refractivity contribution is 8.07. The fourth-order valence-electron chi connectivity index (χ4n) is 2.92. The highest BCUT2D eigenvalue weighted by atomic mass is 32.2. The third kappa shape index (κ3) is 10.2. The van der Waals surface area contributed by atoms with E-state index < -0.39 is 0 Å². The number of carbonyl (C=O) groups excluding carboxylic acids is 1. The van der Waals surface area contributed by atoms with Crippen LogP contribution >= 0.6 is 11.8 Å². The number of ether oxygens (including phenoxy) is 1. The van der Waals surface area contributed by atoms with Crippen LogP contribution in [-0.4, -0.2) is 23.6 Å². The molecule has 1 saturated heterocycles. The van der Waals surface area contributed by atoms with E-state index in [0.717, 1.165) is 16.9 Å². The second kappa shape index (κ2) is 12.4. The molecule has 0 N–H and O–H groups in total. The molecule has 1 fully saturated rings. The molecule has 21 heavy (non-hydrogen) atoms. The van der Waals surface area contributed by atoms with Crippen molar-refractivity contribution in [3.05, 3.63) is 0 Å². The van der Waals surface area contributed by atoms with Gasteiger partial charge in [0.25, 0.3) is 0 Å². The standard InChI is InChI=1S/C18H34O2S/c1-3-16-17(21-16)14-12-10-8-6-4-5-7-9-11-13-15-18(19)20-2/h16-17H,3-15H2,1-2H3. The predicted octanol–water partition coefficient (Wildman–Crippen LogP) is 5.73. The van der Waals surface area contributed by atoms with Gasteiger partial charge in [-0.15, -0.1) is 0 Å². The van der Waals surface area contributed by atoms with Crippen LogP contribution in [-0.2, 0) is 9.53 Å². The van der Waals surface area contributed by atoms with Crippen molar-refractivity contribution in [3.63, 3.8) is 0 Å². The number of hydrogen-bond acceptors (Lipinski definition) is 3. The Bertz CT molecular complexity index is 268. The van der Waals surface area contributed by atoms with Crippen molar-refractivity contribution in [3.8, 4) is 0 Å². The highest BCUT2D eigenvalue weighted by Crippen LogP contribution is 2.46. The molecule has 1 heterocycles. The number of thioether (sulfide) groups is 1. The first kappa shape index (κ1) is 18.9. The maximum absolute atomic E-state index is 10.9. The van der Waals surface area contributed by atoms with Crippen LogP contribution in [0.25, 0.3) is 0 Å². The number of methoxy groups -OCH3 is 1. The number of carbonyl (C=O) groups is 1. The summed E-state index contributed by atoms with van der Waals surface area (Å²) >= 11 is 2.19. The van der Waals surface area contributed by atoms with Gasteiger partial charge in [-0.3, -0.25) is 4.79 Å². The van der Waals surface area contributed by atoms with Crippen molar-refractivity contribution in [2.75, 3.05) is 7.11 Å². The molecule has 0 aliphatic carbocycles. The minimum Gasteiger partial charge on any atom is -0.469 e. The fraction of sp³-hybridized carbons (Fsp3) is 0.944. The minimum atomic E-state index is -0.0649. The topological polar surface area (TPSA) is 26.3 Å². The zero-order valence-corrected chi connectivity index (χ0v) is 14.9. The fourth-order valence-corrected chi connectivity index (χ4v) is 4.11. The van der Waals surface area contributed by atoms with E-state index in [9.17, 15) is 4.79 Å². The molecule has 0 radical (unpaired) electrons. The Morgan fingerprint density at radius 2 is 1.38 bits per heavy atom. The van der Waals surface area contributed by atoms with Gasteiger partial charge in [-0.05, 0) is 19.3 Å². The lowest BCUT2D eigenvalue weighted by Crippen LogP contribution is -1.99. The van der Waals surface area contributed by atoms with Crippen LogP contribution in [0.3, 0.4) is 0 Å². The summed E-state index contributed by atoms with van der Waals surface area (Å²) in [5.74, 6) is -0.0649. The number of hydrogen-bond donors (Lipinski definition) is 0. The van der Waals surface area contributed by atoms with E-state index in [4.69, 9.17) is 0 Å². The lowest BCUT2D eigenvalue weighted by atomic mass is 10.0. The van der Waals surface area contributed by atoms with Gasteiger partial charge in [0.1, 0.15) is 0 Å². The molecule has 0 aromatic heterocycles. The first-order chi connectivity index (χ1) is 10.3. The third-order valence-corrected chi connectivity index (χ3v) is 6.05. The van der Waals surface area contributed by atoms with Crippen molar-refractivity contribution in [2.24, 2.45) is 0 Å². The third-order valence-electron chi connectivity index (χ3n) is 4.44. The van der Waals surface area contributed by atoms with Crippen LogP contribution in [0.15, 0.2) is 0 Å². The average Bonchev–Trinajstić information content (AvgIpc) is 3.26. The lowest BCUT2D eigenvalue weighted by molar-refractivity contribution is -0.140. The molecular weight excluding hydrogens is 280 g/mol. The summed E-state index contributed by atoms with van der Waals surface area (Å²) in [6.45, 7) is 2.31. The Kier molecular flexibility index (Phi) is 11.1. The van der Waals surface area contributed by atoms with Crippen LogP contribution in [0.5, 0.6) is 0 Å². The summed E-state index contributed by atoms with van der Waals surface area (Å²) in [5.41, 5.74) is 0. The van der Waals surface area contributed by atoms with Crippen LogP contribution in [0.4, 0.5) is 0 Å². The molecule has 1 rings (SSSR count). The summed E-state index contributed by atoms with van der Waals surface area (Å²) in [4.78, 5) is 10.9. The zero-order valence-electron chi connectivity index (χ0n) is 14.1. The van der Waals surface area contributed by atoms with E-state index in [1.807, 2.05) is 0 Å². The summed E-state index contributed by atoms with van der Waals surface area (Å²) in [6.07, 6.45) is 16.7. The predicted molar refractivity (Wildman–Crippen MR) is 92.9 cm³/mol. The van der Waals surface area contributed by atoms with Crippen molar-refractivity contribution in [2.45, 2.75) is 101 Å². The van der Waals surface area contributed by atoms with Crippen molar-refractivity contribution >= 4 is 17.7 Å². The summed E-state index contributed by atoms with van der Waals surface area (Å²) < 4.78 is 4.63. The first-order valence-corrected chi connectivity index (χ1v) is 9.94.